The first-order chi connectivity index (χ1) is 11.4. The highest BCUT2D eigenvalue weighted by Gasteiger charge is 2.38. The van der Waals surface area contributed by atoms with E-state index in [2.05, 4.69) is 4.98 Å². The van der Waals surface area contributed by atoms with Crippen molar-refractivity contribution in [2.45, 2.75) is 25.8 Å². The number of likely N-dealkylation sites (tertiary alicyclic amines) is 1. The Balaban J connectivity index is 1.82. The van der Waals surface area contributed by atoms with Gasteiger partial charge in [0, 0.05) is 41.8 Å². The molecule has 126 valence electrons. The third-order valence-corrected chi connectivity index (χ3v) is 4.70. The molecular weight excluding hydrogens is 314 g/mol. The highest BCUT2D eigenvalue weighted by molar-refractivity contribution is 5.90. The van der Waals surface area contributed by atoms with E-state index in [1.54, 1.807) is 24.1 Å². The number of aromatic amines is 1. The second-order valence-electron chi connectivity index (χ2n) is 6.04. The van der Waals surface area contributed by atoms with Gasteiger partial charge in [0.2, 0.25) is 5.91 Å². The van der Waals surface area contributed by atoms with Crippen LogP contribution in [0.5, 0.6) is 0 Å². The lowest BCUT2D eigenvalue weighted by atomic mass is 10.0. The average molecular weight is 331 g/mol. The van der Waals surface area contributed by atoms with Crippen LogP contribution in [-0.4, -0.2) is 44.4 Å². The lowest BCUT2D eigenvalue weighted by Crippen LogP contribution is -2.38. The zero-order valence-electron chi connectivity index (χ0n) is 13.1. The Kier molecular flexibility index (Phi) is 3.96. The molecule has 1 aliphatic rings. The van der Waals surface area contributed by atoms with Crippen molar-refractivity contribution in [3.63, 3.8) is 0 Å². The van der Waals surface area contributed by atoms with Gasteiger partial charge in [0.15, 0.2) is 0 Å². The molecule has 1 aliphatic heterocycles. The van der Waals surface area contributed by atoms with Gasteiger partial charge in [0.25, 0.3) is 5.69 Å². The summed E-state index contributed by atoms with van der Waals surface area (Å²) >= 11 is 0. The molecule has 0 saturated carbocycles. The summed E-state index contributed by atoms with van der Waals surface area (Å²) in [6.07, 6.45) is 2.20. The topological polar surface area (TPSA) is 117 Å². The molecule has 3 rings (SSSR count). The number of hydrogen-bond donors (Lipinski definition) is 2. The summed E-state index contributed by atoms with van der Waals surface area (Å²) in [6, 6.07) is 4.11. The number of non-ortho nitro benzene ring substituents is 1. The van der Waals surface area contributed by atoms with Crippen LogP contribution in [0.2, 0.25) is 0 Å². The quantitative estimate of drug-likeness (QED) is 0.656. The fraction of sp³-hybridized carbons (Fsp3) is 0.375. The number of hydrogen-bond acceptors (Lipinski definition) is 4. The van der Waals surface area contributed by atoms with Crippen LogP contribution in [0.25, 0.3) is 10.9 Å². The number of aromatic nitrogens is 1. The molecule has 0 spiro atoms. The largest absolute Gasteiger partial charge is 0.481 e. The first-order valence-electron chi connectivity index (χ1n) is 7.65. The van der Waals surface area contributed by atoms with Crippen molar-refractivity contribution in [3.8, 4) is 0 Å². The van der Waals surface area contributed by atoms with Gasteiger partial charge in [0.05, 0.1) is 17.3 Å². The van der Waals surface area contributed by atoms with Crippen LogP contribution >= 0.6 is 0 Å². The molecule has 1 aromatic carbocycles. The van der Waals surface area contributed by atoms with Crippen LogP contribution < -0.4 is 0 Å². The average Bonchev–Trinajstić information content (AvgIpc) is 3.10. The number of carboxylic acid groups (broad SMARTS) is 1. The summed E-state index contributed by atoms with van der Waals surface area (Å²) in [6.45, 7) is 2.16. The minimum absolute atomic E-state index is 0.0312. The number of carbonyl (C=O) groups excluding carboxylic acids is 1. The Labute approximate surface area is 137 Å². The van der Waals surface area contributed by atoms with Gasteiger partial charge in [-0.3, -0.25) is 19.7 Å². The Morgan fingerprint density at radius 1 is 1.46 bits per heavy atom. The number of nitrogens with one attached hydrogen (secondary N) is 1. The van der Waals surface area contributed by atoms with E-state index in [9.17, 15) is 19.7 Å². The molecule has 1 aromatic heterocycles. The summed E-state index contributed by atoms with van der Waals surface area (Å²) < 4.78 is 0. The van der Waals surface area contributed by atoms with Crippen molar-refractivity contribution in [2.24, 2.45) is 5.92 Å². The molecule has 1 fully saturated rings. The van der Waals surface area contributed by atoms with Crippen molar-refractivity contribution < 1.29 is 19.6 Å². The van der Waals surface area contributed by atoms with E-state index in [0.29, 0.717) is 23.9 Å². The van der Waals surface area contributed by atoms with Crippen molar-refractivity contribution >= 4 is 28.5 Å². The predicted molar refractivity (Wildman–Crippen MR) is 85.6 cm³/mol. The predicted octanol–water partition coefficient (Wildman–Crippen LogP) is 1.94. The van der Waals surface area contributed by atoms with E-state index < -0.39 is 16.8 Å². The second kappa shape index (κ2) is 5.95. The van der Waals surface area contributed by atoms with Crippen molar-refractivity contribution in [3.05, 3.63) is 40.1 Å². The first-order valence-corrected chi connectivity index (χ1v) is 7.65. The van der Waals surface area contributed by atoms with Gasteiger partial charge in [-0.05, 0) is 25.0 Å². The number of fused-ring (bicyclic) bond motifs is 1. The number of amides is 1. The Bertz CT molecular complexity index is 828. The third-order valence-electron chi connectivity index (χ3n) is 4.70. The zero-order chi connectivity index (χ0) is 17.4. The molecule has 1 saturated heterocycles. The summed E-state index contributed by atoms with van der Waals surface area (Å²) in [4.78, 5) is 38.7. The fourth-order valence-corrected chi connectivity index (χ4v) is 3.31. The van der Waals surface area contributed by atoms with E-state index in [0.717, 1.165) is 5.52 Å². The normalized spacial score (nSPS) is 20.5. The monoisotopic (exact) mass is 331 g/mol. The van der Waals surface area contributed by atoms with Gasteiger partial charge in [-0.2, -0.15) is 0 Å². The van der Waals surface area contributed by atoms with Crippen LogP contribution in [0.3, 0.4) is 0 Å². The lowest BCUT2D eigenvalue weighted by molar-refractivity contribution is -0.384. The molecule has 0 radical (unpaired) electrons. The van der Waals surface area contributed by atoms with Crippen LogP contribution in [0.4, 0.5) is 5.69 Å². The van der Waals surface area contributed by atoms with Gasteiger partial charge >= 0.3 is 5.97 Å². The number of rotatable bonds is 4. The number of H-pyrrole nitrogens is 1. The highest BCUT2D eigenvalue weighted by Crippen LogP contribution is 2.27. The molecule has 24 heavy (non-hydrogen) atoms. The second-order valence-corrected chi connectivity index (χ2v) is 6.04. The molecule has 0 bridgehead atoms. The molecule has 8 heteroatoms. The minimum Gasteiger partial charge on any atom is -0.481 e. The Hall–Kier alpha value is -2.90. The maximum absolute atomic E-state index is 12.5. The number of aliphatic carboxylic acids is 1. The maximum atomic E-state index is 12.5. The first kappa shape index (κ1) is 16.0. The number of nitro groups is 1. The van der Waals surface area contributed by atoms with E-state index in [1.165, 1.54) is 12.1 Å². The van der Waals surface area contributed by atoms with Crippen molar-refractivity contribution in [1.29, 1.82) is 0 Å². The Morgan fingerprint density at radius 3 is 2.83 bits per heavy atom. The van der Waals surface area contributed by atoms with Gasteiger partial charge in [-0.25, -0.2) is 0 Å². The van der Waals surface area contributed by atoms with Crippen LogP contribution in [0, 0.1) is 16.0 Å². The molecule has 0 aliphatic carbocycles. The molecule has 1 amide bonds. The van der Waals surface area contributed by atoms with Gasteiger partial charge in [0.1, 0.15) is 0 Å². The SMILES string of the molecule is CC1C(C(=O)O)CCN1C(=O)Cc1c[nH]c2ccc([N+](=O)[O-])cc12. The van der Waals surface area contributed by atoms with E-state index >= 15 is 0 Å². The van der Waals surface area contributed by atoms with Crippen molar-refractivity contribution in [2.75, 3.05) is 6.54 Å². The summed E-state index contributed by atoms with van der Waals surface area (Å²) in [5.74, 6) is -1.60. The van der Waals surface area contributed by atoms with E-state index in [4.69, 9.17) is 5.11 Å². The third kappa shape index (κ3) is 2.70. The van der Waals surface area contributed by atoms with Crippen molar-refractivity contribution in [1.82, 2.24) is 9.88 Å². The zero-order valence-corrected chi connectivity index (χ0v) is 13.1. The minimum atomic E-state index is -0.888. The number of benzene rings is 1. The molecule has 2 atom stereocenters. The number of nitro benzene ring substituents is 1. The fourth-order valence-electron chi connectivity index (χ4n) is 3.31. The molecule has 2 unspecified atom stereocenters. The summed E-state index contributed by atoms with van der Waals surface area (Å²) in [5.41, 5.74) is 1.36. The standard InChI is InChI=1S/C16H17N3O5/c1-9-12(16(21)22)4-5-18(9)15(20)6-10-8-17-14-3-2-11(19(23)24)7-13(10)14/h2-3,7-9,12,17H,4-6H2,1H3,(H,21,22). The maximum Gasteiger partial charge on any atom is 0.308 e. The Morgan fingerprint density at radius 2 is 2.21 bits per heavy atom. The number of carbonyl (C=O) groups is 2. The molecule has 2 N–H and O–H groups in total. The molecule has 2 heterocycles. The molecular formula is C16H17N3O5. The van der Waals surface area contributed by atoms with Gasteiger partial charge in [-0.15, -0.1) is 0 Å². The van der Waals surface area contributed by atoms with Crippen LogP contribution in [0.15, 0.2) is 24.4 Å². The van der Waals surface area contributed by atoms with Crippen LogP contribution in [0.1, 0.15) is 18.9 Å². The molecule has 8 nitrogen and oxygen atoms in total. The molecule has 2 aromatic rings. The van der Waals surface area contributed by atoms with E-state index in [1.807, 2.05) is 0 Å². The highest BCUT2D eigenvalue weighted by atomic mass is 16.6. The smallest absolute Gasteiger partial charge is 0.308 e. The van der Waals surface area contributed by atoms with Gasteiger partial charge in [-0.1, -0.05) is 0 Å². The van der Waals surface area contributed by atoms with Crippen LogP contribution in [-0.2, 0) is 16.0 Å². The summed E-state index contributed by atoms with van der Waals surface area (Å²) in [5, 5.41) is 20.7. The lowest BCUT2D eigenvalue weighted by Gasteiger charge is -2.23. The summed E-state index contributed by atoms with van der Waals surface area (Å²) in [7, 11) is 0. The van der Waals surface area contributed by atoms with Gasteiger partial charge < -0.3 is 15.0 Å². The number of nitrogens with zero attached hydrogens (tertiary/aromatic N) is 2. The van der Waals surface area contributed by atoms with E-state index in [-0.39, 0.29) is 24.1 Å². The number of carboxylic acids is 1.